The van der Waals surface area contributed by atoms with Crippen LogP contribution < -0.4 is 0 Å². The highest BCUT2D eigenvalue weighted by Crippen LogP contribution is 2.23. The van der Waals surface area contributed by atoms with Crippen LogP contribution in [0.25, 0.3) is 0 Å². The number of carbonyl (C=O) groups excluding carboxylic acids is 1. The van der Waals surface area contributed by atoms with Gasteiger partial charge in [-0.3, -0.25) is 4.79 Å². The van der Waals surface area contributed by atoms with E-state index in [-0.39, 0.29) is 11.9 Å². The molecule has 0 aliphatic heterocycles. The Morgan fingerprint density at radius 3 is 2.73 bits per heavy atom. The summed E-state index contributed by atoms with van der Waals surface area (Å²) in [6.45, 7) is 4.48. The van der Waals surface area contributed by atoms with E-state index in [1.807, 2.05) is 26.0 Å². The zero-order chi connectivity index (χ0) is 11.3. The normalized spacial score (nSPS) is 12.7. The van der Waals surface area contributed by atoms with Gasteiger partial charge in [0.15, 0.2) is 5.78 Å². The molecule has 0 amide bonds. The number of hydrogen-bond donors (Lipinski definition) is 0. The van der Waals surface area contributed by atoms with Gasteiger partial charge >= 0.3 is 0 Å². The van der Waals surface area contributed by atoms with Gasteiger partial charge in [0.1, 0.15) is 6.10 Å². The molecule has 0 spiro atoms. The number of ketones is 1. The molecule has 0 radical (unpaired) electrons. The molecule has 2 nitrogen and oxygen atoms in total. The van der Waals surface area contributed by atoms with E-state index in [2.05, 4.69) is 15.9 Å². The molecule has 0 fully saturated rings. The van der Waals surface area contributed by atoms with Crippen LogP contribution in [0.15, 0.2) is 15.9 Å². The number of carbonyl (C=O) groups is 1. The van der Waals surface area contributed by atoms with Gasteiger partial charge in [-0.1, -0.05) is 6.92 Å². The van der Waals surface area contributed by atoms with Crippen molar-refractivity contribution in [3.8, 4) is 0 Å². The van der Waals surface area contributed by atoms with E-state index in [0.29, 0.717) is 13.0 Å². The van der Waals surface area contributed by atoms with Crippen LogP contribution in [0.5, 0.6) is 0 Å². The SMILES string of the molecule is CCOC(CC)C(=O)Cc1ccc(Br)s1. The van der Waals surface area contributed by atoms with E-state index in [1.165, 1.54) is 0 Å². The molecule has 4 heteroatoms. The Bertz CT molecular complexity index is 322. The number of thiophene rings is 1. The van der Waals surface area contributed by atoms with E-state index >= 15 is 0 Å². The summed E-state index contributed by atoms with van der Waals surface area (Å²) >= 11 is 4.99. The topological polar surface area (TPSA) is 26.3 Å². The van der Waals surface area contributed by atoms with E-state index in [0.717, 1.165) is 15.1 Å². The van der Waals surface area contributed by atoms with Crippen molar-refractivity contribution in [2.24, 2.45) is 0 Å². The van der Waals surface area contributed by atoms with Gasteiger partial charge in [-0.15, -0.1) is 11.3 Å². The van der Waals surface area contributed by atoms with Crippen molar-refractivity contribution in [1.29, 1.82) is 0 Å². The summed E-state index contributed by atoms with van der Waals surface area (Å²) in [6, 6.07) is 3.94. The molecule has 0 aromatic carbocycles. The minimum absolute atomic E-state index is 0.175. The Morgan fingerprint density at radius 1 is 1.53 bits per heavy atom. The van der Waals surface area contributed by atoms with Crippen molar-refractivity contribution >= 4 is 33.0 Å². The van der Waals surface area contributed by atoms with Crippen molar-refractivity contribution in [2.75, 3.05) is 6.61 Å². The van der Waals surface area contributed by atoms with Gasteiger partial charge in [-0.05, 0) is 41.4 Å². The van der Waals surface area contributed by atoms with Gasteiger partial charge in [0.2, 0.25) is 0 Å². The van der Waals surface area contributed by atoms with E-state index in [9.17, 15) is 4.79 Å². The fourth-order valence-electron chi connectivity index (χ4n) is 1.37. The van der Waals surface area contributed by atoms with Gasteiger partial charge in [-0.2, -0.15) is 0 Å². The predicted octanol–water partition coefficient (Wildman–Crippen LogP) is 3.44. The average molecular weight is 291 g/mol. The molecule has 1 unspecified atom stereocenters. The van der Waals surface area contributed by atoms with Crippen LogP contribution in [0.2, 0.25) is 0 Å². The molecule has 1 atom stereocenters. The van der Waals surface area contributed by atoms with Crippen LogP contribution in [0.3, 0.4) is 0 Å². The van der Waals surface area contributed by atoms with Crippen LogP contribution in [0.4, 0.5) is 0 Å². The second-order valence-corrected chi connectivity index (χ2v) is 5.75. The largest absolute Gasteiger partial charge is 0.371 e. The molecule has 15 heavy (non-hydrogen) atoms. The molecule has 1 rings (SSSR count). The van der Waals surface area contributed by atoms with Crippen molar-refractivity contribution in [3.63, 3.8) is 0 Å². The van der Waals surface area contributed by atoms with Gasteiger partial charge in [0, 0.05) is 17.9 Å². The van der Waals surface area contributed by atoms with E-state index < -0.39 is 0 Å². The quantitative estimate of drug-likeness (QED) is 0.802. The summed E-state index contributed by atoms with van der Waals surface area (Å²) in [5.74, 6) is 0.175. The number of hydrogen-bond acceptors (Lipinski definition) is 3. The Balaban J connectivity index is 2.53. The van der Waals surface area contributed by atoms with Gasteiger partial charge in [0.25, 0.3) is 0 Å². The summed E-state index contributed by atoms with van der Waals surface area (Å²) < 4.78 is 6.44. The summed E-state index contributed by atoms with van der Waals surface area (Å²) in [5.41, 5.74) is 0. The van der Waals surface area contributed by atoms with Crippen LogP contribution >= 0.6 is 27.3 Å². The molecule has 1 aromatic rings. The molecule has 0 saturated carbocycles. The molecule has 0 aliphatic rings. The minimum Gasteiger partial charge on any atom is -0.371 e. The first kappa shape index (κ1) is 12.9. The highest BCUT2D eigenvalue weighted by atomic mass is 79.9. The van der Waals surface area contributed by atoms with Gasteiger partial charge in [-0.25, -0.2) is 0 Å². The lowest BCUT2D eigenvalue weighted by molar-refractivity contribution is -0.129. The molecule has 0 saturated heterocycles. The zero-order valence-corrected chi connectivity index (χ0v) is 11.4. The summed E-state index contributed by atoms with van der Waals surface area (Å²) in [4.78, 5) is 12.9. The molecule has 0 bridgehead atoms. The number of Topliss-reactive ketones (excluding diaryl/α,β-unsaturated/α-hetero) is 1. The van der Waals surface area contributed by atoms with Gasteiger partial charge in [0.05, 0.1) is 3.79 Å². The number of halogens is 1. The van der Waals surface area contributed by atoms with Crippen molar-refractivity contribution < 1.29 is 9.53 Å². The van der Waals surface area contributed by atoms with E-state index in [1.54, 1.807) is 11.3 Å². The fourth-order valence-corrected chi connectivity index (χ4v) is 2.86. The monoisotopic (exact) mass is 290 g/mol. The van der Waals surface area contributed by atoms with Crippen LogP contribution in [0.1, 0.15) is 25.1 Å². The van der Waals surface area contributed by atoms with E-state index in [4.69, 9.17) is 4.74 Å². The first-order valence-corrected chi connectivity index (χ1v) is 6.66. The highest BCUT2D eigenvalue weighted by molar-refractivity contribution is 9.11. The summed E-state index contributed by atoms with van der Waals surface area (Å²) in [7, 11) is 0. The molecular formula is C11H15BrO2S. The Morgan fingerprint density at radius 2 is 2.27 bits per heavy atom. The minimum atomic E-state index is -0.240. The van der Waals surface area contributed by atoms with Crippen LogP contribution in [-0.4, -0.2) is 18.5 Å². The van der Waals surface area contributed by atoms with Crippen LogP contribution in [0, 0.1) is 0 Å². The average Bonchev–Trinajstić information content (AvgIpc) is 2.60. The molecule has 1 heterocycles. The van der Waals surface area contributed by atoms with Crippen molar-refractivity contribution in [2.45, 2.75) is 32.8 Å². The molecule has 84 valence electrons. The lowest BCUT2D eigenvalue weighted by Gasteiger charge is -2.12. The third-order valence-electron chi connectivity index (χ3n) is 2.08. The maximum absolute atomic E-state index is 11.8. The second kappa shape index (κ2) is 6.40. The molecular weight excluding hydrogens is 276 g/mol. The fraction of sp³-hybridized carbons (Fsp3) is 0.545. The van der Waals surface area contributed by atoms with Gasteiger partial charge < -0.3 is 4.74 Å². The maximum Gasteiger partial charge on any atom is 0.166 e. The lowest BCUT2D eigenvalue weighted by atomic mass is 10.1. The first-order chi connectivity index (χ1) is 7.17. The molecule has 0 N–H and O–H groups in total. The maximum atomic E-state index is 11.8. The highest BCUT2D eigenvalue weighted by Gasteiger charge is 2.17. The summed E-state index contributed by atoms with van der Waals surface area (Å²) in [6.07, 6.45) is 0.990. The molecule has 1 aromatic heterocycles. The van der Waals surface area contributed by atoms with Crippen LogP contribution in [-0.2, 0) is 16.0 Å². The number of rotatable bonds is 6. The standard InChI is InChI=1S/C11H15BrO2S/c1-3-10(14-4-2)9(13)7-8-5-6-11(12)15-8/h5-6,10H,3-4,7H2,1-2H3. The Hall–Kier alpha value is -0.190. The first-order valence-electron chi connectivity index (χ1n) is 5.05. The van der Waals surface area contributed by atoms with Crippen molar-refractivity contribution in [1.82, 2.24) is 0 Å². The smallest absolute Gasteiger partial charge is 0.166 e. The predicted molar refractivity (Wildman–Crippen MR) is 66.4 cm³/mol. The van der Waals surface area contributed by atoms with Crippen molar-refractivity contribution in [3.05, 3.63) is 20.8 Å². The Kier molecular flexibility index (Phi) is 5.50. The lowest BCUT2D eigenvalue weighted by Crippen LogP contribution is -2.24. The summed E-state index contributed by atoms with van der Waals surface area (Å²) in [5, 5.41) is 0. The zero-order valence-electron chi connectivity index (χ0n) is 8.96. The Labute approximate surface area is 103 Å². The second-order valence-electron chi connectivity index (χ2n) is 3.20. The molecule has 0 aliphatic carbocycles. The third-order valence-corrected chi connectivity index (χ3v) is 3.70. The third kappa shape index (κ3) is 4.05. The number of ether oxygens (including phenoxy) is 1.